The van der Waals surface area contributed by atoms with Gasteiger partial charge in [-0.3, -0.25) is 19.5 Å². The van der Waals surface area contributed by atoms with E-state index in [2.05, 4.69) is 0 Å². The molecule has 3 heterocycles. The number of aromatic nitrogens is 1. The first-order chi connectivity index (χ1) is 22.7. The number of rotatable bonds is 9. The van der Waals surface area contributed by atoms with Crippen LogP contribution in [-0.2, 0) is 9.53 Å². The minimum atomic E-state index is -0.970. The first-order valence-electron chi connectivity index (χ1n) is 14.6. The van der Waals surface area contributed by atoms with E-state index in [0.29, 0.717) is 60.3 Å². The molecule has 0 fully saturated rings. The smallest absolute Gasteiger partial charge is 0.338 e. The molecule has 0 radical (unpaired) electrons. The summed E-state index contributed by atoms with van der Waals surface area (Å²) in [5.41, 5.74) is 2.69. The van der Waals surface area contributed by atoms with Crippen LogP contribution in [0.1, 0.15) is 35.4 Å². The van der Waals surface area contributed by atoms with Crippen molar-refractivity contribution in [3.63, 3.8) is 0 Å². The van der Waals surface area contributed by atoms with Crippen molar-refractivity contribution in [2.45, 2.75) is 19.9 Å². The van der Waals surface area contributed by atoms with Crippen LogP contribution >= 0.6 is 11.3 Å². The number of esters is 1. The molecule has 1 atom stereocenters. The maximum atomic E-state index is 14.3. The van der Waals surface area contributed by atoms with E-state index in [9.17, 15) is 19.7 Å². The molecule has 0 saturated carbocycles. The molecule has 0 bridgehead atoms. The molecule has 0 spiro atoms. The average Bonchev–Trinajstić information content (AvgIpc) is 3.67. The predicted octanol–water partition coefficient (Wildman–Crippen LogP) is 5.43. The number of nitro benzene ring substituents is 1. The Kier molecular flexibility index (Phi) is 8.59. The molecule has 11 nitrogen and oxygen atoms in total. The van der Waals surface area contributed by atoms with Crippen molar-refractivity contribution in [1.82, 2.24) is 4.57 Å². The standard InChI is InChI=1S/C35H29N3O8S/c1-5-45-34(40)29-30(21-10-7-6-8-11-21)36-35-37(31(29)25-12-9-13-27(43-3)32(25)44-4)33(39)28(47-35)19-23-15-17-26(46-23)24-16-14-22(38(41)42)18-20(24)2/h6-19,31H,5H2,1-4H3/b28-19-. The minimum absolute atomic E-state index is 0.0154. The van der Waals surface area contributed by atoms with Crippen LogP contribution in [0.25, 0.3) is 23.1 Å². The monoisotopic (exact) mass is 651 g/mol. The van der Waals surface area contributed by atoms with Gasteiger partial charge in [0.1, 0.15) is 17.6 Å². The van der Waals surface area contributed by atoms with Crippen LogP contribution in [0.3, 0.4) is 0 Å². The highest BCUT2D eigenvalue weighted by Crippen LogP contribution is 2.42. The minimum Gasteiger partial charge on any atom is -0.493 e. The van der Waals surface area contributed by atoms with Crippen molar-refractivity contribution in [3.05, 3.63) is 137 Å². The maximum Gasteiger partial charge on any atom is 0.338 e. The van der Waals surface area contributed by atoms with Gasteiger partial charge in [0, 0.05) is 34.9 Å². The van der Waals surface area contributed by atoms with Crippen molar-refractivity contribution < 1.29 is 28.3 Å². The third-order valence-electron chi connectivity index (χ3n) is 7.69. The Hall–Kier alpha value is -5.75. The third kappa shape index (κ3) is 5.74. The second-order valence-corrected chi connectivity index (χ2v) is 11.5. The van der Waals surface area contributed by atoms with Crippen LogP contribution in [0.15, 0.2) is 98.6 Å². The fourth-order valence-electron chi connectivity index (χ4n) is 5.60. The lowest BCUT2D eigenvalue weighted by molar-refractivity contribution is -0.384. The van der Waals surface area contributed by atoms with E-state index in [1.54, 1.807) is 56.3 Å². The van der Waals surface area contributed by atoms with Gasteiger partial charge >= 0.3 is 5.97 Å². The van der Waals surface area contributed by atoms with Crippen LogP contribution in [-0.4, -0.2) is 36.3 Å². The van der Waals surface area contributed by atoms with Crippen molar-refractivity contribution in [2.75, 3.05) is 20.8 Å². The Morgan fingerprint density at radius 1 is 1.06 bits per heavy atom. The summed E-state index contributed by atoms with van der Waals surface area (Å²) in [6, 6.07) is 21.5. The predicted molar refractivity (Wildman–Crippen MR) is 176 cm³/mol. The fraction of sp³-hybridized carbons (Fsp3) is 0.171. The first kappa shape index (κ1) is 31.2. The molecular formula is C35H29N3O8S. The van der Waals surface area contributed by atoms with Crippen molar-refractivity contribution in [1.29, 1.82) is 0 Å². The number of methoxy groups -OCH3 is 2. The van der Waals surface area contributed by atoms with Crippen molar-refractivity contribution in [3.8, 4) is 22.8 Å². The Morgan fingerprint density at radius 3 is 2.53 bits per heavy atom. The molecule has 6 rings (SSSR count). The molecule has 0 amide bonds. The van der Waals surface area contributed by atoms with Crippen LogP contribution in [0.2, 0.25) is 0 Å². The van der Waals surface area contributed by atoms with E-state index in [-0.39, 0.29) is 17.9 Å². The number of nitrogens with zero attached hydrogens (tertiary/aromatic N) is 3. The number of furan rings is 1. The molecule has 3 aromatic carbocycles. The molecule has 12 heteroatoms. The van der Waals surface area contributed by atoms with Crippen LogP contribution in [0.4, 0.5) is 5.69 Å². The molecule has 1 aliphatic rings. The molecule has 1 aliphatic heterocycles. The maximum absolute atomic E-state index is 14.3. The van der Waals surface area contributed by atoms with Gasteiger partial charge in [-0.1, -0.05) is 53.8 Å². The highest BCUT2D eigenvalue weighted by atomic mass is 32.1. The summed E-state index contributed by atoms with van der Waals surface area (Å²) in [4.78, 5) is 44.0. The van der Waals surface area contributed by atoms with E-state index in [0.717, 1.165) is 11.3 Å². The number of ether oxygens (including phenoxy) is 3. The molecule has 0 N–H and O–H groups in total. The number of hydrogen-bond acceptors (Lipinski definition) is 10. The normalized spacial score (nSPS) is 14.4. The van der Waals surface area contributed by atoms with E-state index in [1.807, 2.05) is 30.3 Å². The first-order valence-corrected chi connectivity index (χ1v) is 15.4. The zero-order chi connectivity index (χ0) is 33.2. The van der Waals surface area contributed by atoms with Gasteiger partial charge in [0.2, 0.25) is 0 Å². The number of non-ortho nitro benzene ring substituents is 1. The molecule has 5 aromatic rings. The molecule has 0 saturated heterocycles. The van der Waals surface area contributed by atoms with Gasteiger partial charge < -0.3 is 18.6 Å². The molecule has 2 aromatic heterocycles. The highest BCUT2D eigenvalue weighted by molar-refractivity contribution is 7.07. The van der Waals surface area contributed by atoms with Crippen molar-refractivity contribution in [2.24, 2.45) is 4.99 Å². The number of nitro groups is 1. The van der Waals surface area contributed by atoms with Gasteiger partial charge in [0.15, 0.2) is 16.3 Å². The van der Waals surface area contributed by atoms with Crippen LogP contribution < -0.4 is 24.4 Å². The zero-order valence-corrected chi connectivity index (χ0v) is 26.7. The Morgan fingerprint density at radius 2 is 1.85 bits per heavy atom. The van der Waals surface area contributed by atoms with E-state index in [4.69, 9.17) is 23.6 Å². The number of thiazole rings is 1. The lowest BCUT2D eigenvalue weighted by Crippen LogP contribution is -2.40. The van der Waals surface area contributed by atoms with Gasteiger partial charge in [-0.2, -0.15) is 0 Å². The van der Waals surface area contributed by atoms with Gasteiger partial charge in [-0.25, -0.2) is 9.79 Å². The van der Waals surface area contributed by atoms with Gasteiger partial charge in [-0.15, -0.1) is 0 Å². The number of benzene rings is 3. The largest absolute Gasteiger partial charge is 0.493 e. The number of carbonyl (C=O) groups excluding carboxylic acids is 1. The topological polar surface area (TPSA) is 135 Å². The van der Waals surface area contributed by atoms with Gasteiger partial charge in [0.25, 0.3) is 11.2 Å². The third-order valence-corrected chi connectivity index (χ3v) is 8.67. The summed E-state index contributed by atoms with van der Waals surface area (Å²) < 4.78 is 24.8. The Balaban J connectivity index is 1.57. The summed E-state index contributed by atoms with van der Waals surface area (Å²) in [5, 5.41) is 11.2. The highest BCUT2D eigenvalue weighted by Gasteiger charge is 2.37. The summed E-state index contributed by atoms with van der Waals surface area (Å²) in [6.45, 7) is 3.60. The summed E-state index contributed by atoms with van der Waals surface area (Å²) in [7, 11) is 3.01. The number of carbonyl (C=O) groups is 1. The van der Waals surface area contributed by atoms with Crippen LogP contribution in [0.5, 0.6) is 11.5 Å². The number of hydrogen-bond donors (Lipinski definition) is 0. The number of aryl methyl sites for hydroxylation is 1. The second-order valence-electron chi connectivity index (χ2n) is 10.5. The summed E-state index contributed by atoms with van der Waals surface area (Å²) >= 11 is 1.15. The van der Waals surface area contributed by atoms with Gasteiger partial charge in [-0.05, 0) is 43.7 Å². The van der Waals surface area contributed by atoms with Gasteiger partial charge in [0.05, 0.1) is 41.6 Å². The molecular weight excluding hydrogens is 622 g/mol. The van der Waals surface area contributed by atoms with E-state index in [1.165, 1.54) is 30.9 Å². The number of fused-ring (bicyclic) bond motifs is 1. The SMILES string of the molecule is CCOC(=O)C1=C(c2ccccc2)N=c2s/c(=C\c3ccc(-c4ccc([N+](=O)[O-])cc4C)o3)c(=O)n2C1c1cccc(OC)c1OC. The molecule has 1 unspecified atom stereocenters. The Bertz CT molecular complexity index is 2230. The van der Waals surface area contributed by atoms with E-state index < -0.39 is 22.5 Å². The summed E-state index contributed by atoms with van der Waals surface area (Å²) in [5.74, 6) is 1.06. The Labute approximate surface area is 272 Å². The lowest BCUT2D eigenvalue weighted by atomic mass is 9.92. The second kappa shape index (κ2) is 12.9. The lowest BCUT2D eigenvalue weighted by Gasteiger charge is -2.27. The number of para-hydroxylation sites is 1. The fourth-order valence-corrected chi connectivity index (χ4v) is 6.59. The van der Waals surface area contributed by atoms with Crippen LogP contribution in [0, 0.1) is 17.0 Å². The zero-order valence-electron chi connectivity index (χ0n) is 25.9. The average molecular weight is 652 g/mol. The van der Waals surface area contributed by atoms with Crippen molar-refractivity contribution >= 4 is 34.8 Å². The molecule has 238 valence electrons. The quantitative estimate of drug-likeness (QED) is 0.117. The van der Waals surface area contributed by atoms with E-state index >= 15 is 0 Å². The molecule has 47 heavy (non-hydrogen) atoms. The summed E-state index contributed by atoms with van der Waals surface area (Å²) in [6.07, 6.45) is 1.62. The molecule has 0 aliphatic carbocycles.